The van der Waals surface area contributed by atoms with E-state index >= 15 is 0 Å². The Morgan fingerprint density at radius 2 is 1.81 bits per heavy atom. The van der Waals surface area contributed by atoms with E-state index in [4.69, 9.17) is 4.98 Å². The highest BCUT2D eigenvalue weighted by atomic mass is 16.1. The number of H-pyrrole nitrogens is 1. The molecule has 0 amide bonds. The summed E-state index contributed by atoms with van der Waals surface area (Å²) in [5, 5.41) is 8.11. The number of nitrogens with zero attached hydrogens (tertiary/aromatic N) is 4. The Bertz CT molecular complexity index is 1380. The molecule has 7 heteroatoms. The number of aromatic amines is 1. The smallest absolute Gasteiger partial charge is 0.257 e. The number of nitrogens with one attached hydrogen (secondary N) is 2. The molecule has 0 saturated heterocycles. The third kappa shape index (κ3) is 4.19. The number of hydrogen-bond donors (Lipinski definition) is 2. The van der Waals surface area contributed by atoms with Crippen molar-refractivity contribution < 1.29 is 0 Å². The van der Waals surface area contributed by atoms with Gasteiger partial charge in [0.2, 0.25) is 0 Å². The summed E-state index contributed by atoms with van der Waals surface area (Å²) in [6.45, 7) is 2.35. The quantitative estimate of drug-likeness (QED) is 0.391. The average molecular weight is 422 g/mol. The summed E-state index contributed by atoms with van der Waals surface area (Å²) < 4.78 is 1.80. The lowest BCUT2D eigenvalue weighted by Crippen LogP contribution is -2.19. The van der Waals surface area contributed by atoms with Crippen molar-refractivity contribution in [2.75, 3.05) is 6.54 Å². The standard InChI is InChI=1S/C25H22N6O/c32-25-22-14-21(19-4-2-1-3-5-19)24(30-23(22)10-11-28-25)20-8-6-18(7-9-20)15-26-12-13-31-17-27-16-29-31/h1-11,14,16-17,26H,12-13,15H2,(H,28,32). The zero-order valence-electron chi connectivity index (χ0n) is 17.4. The molecule has 0 atom stereocenters. The van der Waals surface area contributed by atoms with Crippen LogP contribution >= 0.6 is 0 Å². The molecular weight excluding hydrogens is 400 g/mol. The first-order valence-corrected chi connectivity index (χ1v) is 10.5. The maximum absolute atomic E-state index is 12.3. The van der Waals surface area contributed by atoms with Crippen LogP contribution in [0, 0.1) is 0 Å². The molecule has 5 aromatic rings. The lowest BCUT2D eigenvalue weighted by Gasteiger charge is -2.12. The fourth-order valence-electron chi connectivity index (χ4n) is 3.72. The van der Waals surface area contributed by atoms with Crippen LogP contribution in [0.15, 0.2) is 90.4 Å². The minimum atomic E-state index is -0.133. The van der Waals surface area contributed by atoms with Crippen LogP contribution in [0.1, 0.15) is 5.56 Å². The van der Waals surface area contributed by atoms with E-state index in [-0.39, 0.29) is 5.56 Å². The second kappa shape index (κ2) is 8.95. The van der Waals surface area contributed by atoms with E-state index in [0.29, 0.717) is 10.9 Å². The van der Waals surface area contributed by atoms with Crippen molar-refractivity contribution in [2.45, 2.75) is 13.1 Å². The van der Waals surface area contributed by atoms with Crippen molar-refractivity contribution in [3.05, 3.63) is 101 Å². The average Bonchev–Trinajstić information content (AvgIpc) is 3.36. The molecule has 3 aromatic heterocycles. The van der Waals surface area contributed by atoms with Gasteiger partial charge in [-0.2, -0.15) is 5.10 Å². The van der Waals surface area contributed by atoms with Gasteiger partial charge in [-0.05, 0) is 23.3 Å². The van der Waals surface area contributed by atoms with Gasteiger partial charge in [-0.3, -0.25) is 9.48 Å². The second-order valence-electron chi connectivity index (χ2n) is 7.52. The predicted octanol–water partition coefficient (Wildman–Crippen LogP) is 3.64. The van der Waals surface area contributed by atoms with Gasteiger partial charge in [0.05, 0.1) is 23.1 Å². The van der Waals surface area contributed by atoms with E-state index in [9.17, 15) is 4.79 Å². The Kier molecular flexibility index (Phi) is 5.55. The molecule has 5 rings (SSSR count). The number of rotatable bonds is 7. The molecular formula is C25H22N6O. The lowest BCUT2D eigenvalue weighted by atomic mass is 9.97. The first-order valence-electron chi connectivity index (χ1n) is 10.5. The largest absolute Gasteiger partial charge is 0.328 e. The Morgan fingerprint density at radius 1 is 0.969 bits per heavy atom. The molecule has 0 spiro atoms. The minimum Gasteiger partial charge on any atom is -0.328 e. The van der Waals surface area contributed by atoms with Crippen LogP contribution < -0.4 is 10.9 Å². The molecule has 0 bridgehead atoms. The third-order valence-corrected chi connectivity index (χ3v) is 5.38. The zero-order valence-corrected chi connectivity index (χ0v) is 17.4. The normalized spacial score (nSPS) is 11.1. The number of pyridine rings is 2. The molecule has 32 heavy (non-hydrogen) atoms. The molecule has 0 fully saturated rings. The van der Waals surface area contributed by atoms with Gasteiger partial charge in [-0.1, -0.05) is 54.6 Å². The summed E-state index contributed by atoms with van der Waals surface area (Å²) in [6.07, 6.45) is 4.89. The summed E-state index contributed by atoms with van der Waals surface area (Å²) in [5.74, 6) is 0. The van der Waals surface area contributed by atoms with Gasteiger partial charge in [0, 0.05) is 30.4 Å². The van der Waals surface area contributed by atoms with Gasteiger partial charge < -0.3 is 10.3 Å². The highest BCUT2D eigenvalue weighted by Gasteiger charge is 2.13. The van der Waals surface area contributed by atoms with Gasteiger partial charge in [-0.15, -0.1) is 0 Å². The van der Waals surface area contributed by atoms with E-state index in [1.54, 1.807) is 23.5 Å². The van der Waals surface area contributed by atoms with Gasteiger partial charge in [0.25, 0.3) is 5.56 Å². The molecule has 2 N–H and O–H groups in total. The monoisotopic (exact) mass is 422 g/mol. The summed E-state index contributed by atoms with van der Waals surface area (Å²) in [4.78, 5) is 23.9. The van der Waals surface area contributed by atoms with E-state index in [1.807, 2.05) is 42.5 Å². The molecule has 0 unspecified atom stereocenters. The van der Waals surface area contributed by atoms with E-state index in [2.05, 4.69) is 44.6 Å². The van der Waals surface area contributed by atoms with Gasteiger partial charge in [0.15, 0.2) is 0 Å². The van der Waals surface area contributed by atoms with Crippen molar-refractivity contribution >= 4 is 10.9 Å². The number of benzene rings is 2. The zero-order chi connectivity index (χ0) is 21.8. The molecule has 2 aromatic carbocycles. The van der Waals surface area contributed by atoms with Crippen LogP contribution in [0.5, 0.6) is 0 Å². The third-order valence-electron chi connectivity index (χ3n) is 5.38. The topological polar surface area (TPSA) is 88.5 Å². The first-order chi connectivity index (χ1) is 15.8. The van der Waals surface area contributed by atoms with Crippen molar-refractivity contribution in [3.8, 4) is 22.4 Å². The number of fused-ring (bicyclic) bond motifs is 1. The molecule has 7 nitrogen and oxygen atoms in total. The van der Waals surface area contributed by atoms with Crippen molar-refractivity contribution in [2.24, 2.45) is 0 Å². The first kappa shape index (κ1) is 19.8. The van der Waals surface area contributed by atoms with Crippen LogP contribution in [-0.2, 0) is 13.1 Å². The summed E-state index contributed by atoms with van der Waals surface area (Å²) in [5.41, 5.74) is 5.57. The molecule has 158 valence electrons. The van der Waals surface area contributed by atoms with Crippen LogP contribution in [0.2, 0.25) is 0 Å². The van der Waals surface area contributed by atoms with Crippen molar-refractivity contribution in [1.82, 2.24) is 30.0 Å². The Hall–Kier alpha value is -4.10. The number of aromatic nitrogens is 5. The lowest BCUT2D eigenvalue weighted by molar-refractivity contribution is 0.554. The highest BCUT2D eigenvalue weighted by molar-refractivity contribution is 5.91. The van der Waals surface area contributed by atoms with Crippen molar-refractivity contribution in [3.63, 3.8) is 0 Å². The van der Waals surface area contributed by atoms with Gasteiger partial charge in [0.1, 0.15) is 12.7 Å². The maximum atomic E-state index is 12.3. The fourth-order valence-corrected chi connectivity index (χ4v) is 3.72. The summed E-state index contributed by atoms with van der Waals surface area (Å²) >= 11 is 0. The van der Waals surface area contributed by atoms with E-state index in [0.717, 1.165) is 42.0 Å². The highest BCUT2D eigenvalue weighted by Crippen LogP contribution is 2.32. The Labute approximate surface area is 184 Å². The van der Waals surface area contributed by atoms with Crippen LogP contribution in [0.3, 0.4) is 0 Å². The van der Waals surface area contributed by atoms with E-state index < -0.39 is 0 Å². The molecule has 0 radical (unpaired) electrons. The van der Waals surface area contributed by atoms with E-state index in [1.165, 1.54) is 5.56 Å². The Balaban J connectivity index is 1.42. The molecule has 3 heterocycles. The fraction of sp³-hybridized carbons (Fsp3) is 0.120. The molecule has 0 aliphatic carbocycles. The van der Waals surface area contributed by atoms with Crippen LogP contribution in [-0.4, -0.2) is 31.3 Å². The Morgan fingerprint density at radius 3 is 2.59 bits per heavy atom. The van der Waals surface area contributed by atoms with Gasteiger partial charge >= 0.3 is 0 Å². The van der Waals surface area contributed by atoms with Crippen LogP contribution in [0.4, 0.5) is 0 Å². The molecule has 0 aliphatic rings. The SMILES string of the molecule is O=c1[nH]ccc2nc(-c3ccc(CNCCn4cncn4)cc3)c(-c3ccccc3)cc12. The van der Waals surface area contributed by atoms with Crippen molar-refractivity contribution in [1.29, 1.82) is 0 Å². The van der Waals surface area contributed by atoms with Gasteiger partial charge in [-0.25, -0.2) is 9.97 Å². The summed E-state index contributed by atoms with van der Waals surface area (Å²) in [6, 6.07) is 22.2. The van der Waals surface area contributed by atoms with Crippen LogP contribution in [0.25, 0.3) is 33.3 Å². The minimum absolute atomic E-state index is 0.133. The second-order valence-corrected chi connectivity index (χ2v) is 7.52. The summed E-state index contributed by atoms with van der Waals surface area (Å²) in [7, 11) is 0. The number of hydrogen-bond acceptors (Lipinski definition) is 5. The molecule has 0 aliphatic heterocycles. The molecule has 0 saturated carbocycles. The predicted molar refractivity (Wildman–Crippen MR) is 125 cm³/mol. The maximum Gasteiger partial charge on any atom is 0.257 e.